The second-order valence-electron chi connectivity index (χ2n) is 6.33. The lowest BCUT2D eigenvalue weighted by atomic mass is 9.89. The number of rotatable bonds is 4. The molecule has 2 fully saturated rings. The first-order chi connectivity index (χ1) is 11.6. The molecule has 0 spiro atoms. The van der Waals surface area contributed by atoms with Gasteiger partial charge in [-0.2, -0.15) is 0 Å². The number of nitro benzene ring substituents is 1. The van der Waals surface area contributed by atoms with E-state index in [0.29, 0.717) is 23.3 Å². The normalized spacial score (nSPS) is 21.7. The average molecular weight is 334 g/mol. The molecular weight excluding hydrogens is 312 g/mol. The number of anilines is 1. The molecule has 1 aromatic rings. The number of methoxy groups -OCH3 is 1. The van der Waals surface area contributed by atoms with Gasteiger partial charge in [0, 0.05) is 25.8 Å². The molecule has 0 amide bonds. The molecule has 2 saturated heterocycles. The fraction of sp³-hybridized carbons (Fsp3) is 0.588. The van der Waals surface area contributed by atoms with E-state index in [1.54, 1.807) is 6.07 Å². The molecule has 0 saturated carbocycles. The van der Waals surface area contributed by atoms with Crippen LogP contribution in [-0.4, -0.2) is 43.8 Å². The Balaban J connectivity index is 1.77. The Kier molecular flexibility index (Phi) is 4.99. The summed E-state index contributed by atoms with van der Waals surface area (Å²) in [6.45, 7) is 2.31. The maximum Gasteiger partial charge on any atom is 0.337 e. The zero-order chi connectivity index (χ0) is 17.1. The predicted molar refractivity (Wildman–Crippen MR) is 88.3 cm³/mol. The number of piperidine rings is 1. The maximum absolute atomic E-state index is 11.7. The molecular formula is C17H22N2O5. The minimum absolute atomic E-state index is 0.0261. The zero-order valence-corrected chi connectivity index (χ0v) is 13.8. The number of benzene rings is 1. The van der Waals surface area contributed by atoms with Crippen LogP contribution in [0.15, 0.2) is 18.2 Å². The van der Waals surface area contributed by atoms with Crippen LogP contribution in [0.1, 0.15) is 36.0 Å². The fourth-order valence-corrected chi connectivity index (χ4v) is 3.66. The Morgan fingerprint density at radius 1 is 1.33 bits per heavy atom. The average Bonchev–Trinajstić information content (AvgIpc) is 3.15. The quantitative estimate of drug-likeness (QED) is 0.478. The van der Waals surface area contributed by atoms with E-state index in [2.05, 4.69) is 0 Å². The molecule has 1 aromatic carbocycles. The summed E-state index contributed by atoms with van der Waals surface area (Å²) in [5.74, 6) is 0.0342. The highest BCUT2D eigenvalue weighted by atomic mass is 16.6. The van der Waals surface area contributed by atoms with Crippen LogP contribution in [0, 0.1) is 16.0 Å². The molecule has 0 aromatic heterocycles. The van der Waals surface area contributed by atoms with Crippen molar-refractivity contribution in [2.75, 3.05) is 31.7 Å². The molecule has 2 aliphatic rings. The van der Waals surface area contributed by atoms with Crippen LogP contribution in [-0.2, 0) is 9.47 Å². The van der Waals surface area contributed by atoms with E-state index in [0.717, 1.165) is 45.4 Å². The van der Waals surface area contributed by atoms with Crippen molar-refractivity contribution in [1.29, 1.82) is 0 Å². The van der Waals surface area contributed by atoms with Crippen LogP contribution < -0.4 is 4.90 Å². The number of esters is 1. The van der Waals surface area contributed by atoms with Crippen molar-refractivity contribution in [1.82, 2.24) is 0 Å². The topological polar surface area (TPSA) is 81.9 Å². The standard InChI is InChI=1S/C17H22N2O5/c1-23-17(20)13-4-5-14(19(21)22)15(11-13)18-8-6-12(7-9-18)16-3-2-10-24-16/h4-5,11-12,16H,2-3,6-10H2,1H3. The third-order valence-corrected chi connectivity index (χ3v) is 4.96. The highest BCUT2D eigenvalue weighted by Gasteiger charge is 2.31. The molecule has 7 nitrogen and oxygen atoms in total. The van der Waals surface area contributed by atoms with Gasteiger partial charge in [-0.15, -0.1) is 0 Å². The lowest BCUT2D eigenvalue weighted by Crippen LogP contribution is -2.38. The highest BCUT2D eigenvalue weighted by Crippen LogP contribution is 2.35. The number of hydrogen-bond acceptors (Lipinski definition) is 6. The van der Waals surface area contributed by atoms with Gasteiger partial charge in [0.2, 0.25) is 0 Å². The van der Waals surface area contributed by atoms with Gasteiger partial charge in [-0.25, -0.2) is 4.79 Å². The molecule has 2 aliphatic heterocycles. The monoisotopic (exact) mass is 334 g/mol. The van der Waals surface area contributed by atoms with Gasteiger partial charge < -0.3 is 14.4 Å². The van der Waals surface area contributed by atoms with E-state index in [-0.39, 0.29) is 5.69 Å². The smallest absolute Gasteiger partial charge is 0.337 e. The number of nitro groups is 1. The van der Waals surface area contributed by atoms with E-state index in [1.165, 1.54) is 19.2 Å². The molecule has 0 bridgehead atoms. The highest BCUT2D eigenvalue weighted by molar-refractivity contribution is 5.91. The van der Waals surface area contributed by atoms with E-state index >= 15 is 0 Å². The van der Waals surface area contributed by atoms with E-state index in [4.69, 9.17) is 9.47 Å². The number of hydrogen-bond donors (Lipinski definition) is 0. The maximum atomic E-state index is 11.7. The van der Waals surface area contributed by atoms with Crippen molar-refractivity contribution in [2.24, 2.45) is 5.92 Å². The Morgan fingerprint density at radius 2 is 2.08 bits per heavy atom. The first-order valence-corrected chi connectivity index (χ1v) is 8.33. The van der Waals surface area contributed by atoms with E-state index in [9.17, 15) is 14.9 Å². The first-order valence-electron chi connectivity index (χ1n) is 8.33. The van der Waals surface area contributed by atoms with Crippen LogP contribution in [0.2, 0.25) is 0 Å². The summed E-state index contributed by atoms with van der Waals surface area (Å²) in [4.78, 5) is 24.7. The van der Waals surface area contributed by atoms with Crippen LogP contribution in [0.5, 0.6) is 0 Å². The molecule has 0 radical (unpaired) electrons. The summed E-state index contributed by atoms with van der Waals surface area (Å²) in [6.07, 6.45) is 4.47. The van der Waals surface area contributed by atoms with Crippen molar-refractivity contribution < 1.29 is 19.2 Å². The van der Waals surface area contributed by atoms with Gasteiger partial charge in [0.05, 0.1) is 23.7 Å². The summed E-state index contributed by atoms with van der Waals surface area (Å²) in [5, 5.41) is 11.3. The molecule has 7 heteroatoms. The molecule has 1 unspecified atom stereocenters. The Labute approximate surface area is 140 Å². The third-order valence-electron chi connectivity index (χ3n) is 4.96. The lowest BCUT2D eigenvalue weighted by molar-refractivity contribution is -0.384. The number of carbonyl (C=O) groups excluding carboxylic acids is 1. The van der Waals surface area contributed by atoms with Crippen molar-refractivity contribution in [3.05, 3.63) is 33.9 Å². The van der Waals surface area contributed by atoms with Gasteiger partial charge in [-0.05, 0) is 43.7 Å². The van der Waals surface area contributed by atoms with Crippen molar-refractivity contribution >= 4 is 17.3 Å². The van der Waals surface area contributed by atoms with Crippen LogP contribution in [0.3, 0.4) is 0 Å². The summed E-state index contributed by atoms with van der Waals surface area (Å²) in [6, 6.07) is 4.39. The third kappa shape index (κ3) is 3.36. The van der Waals surface area contributed by atoms with Gasteiger partial charge in [-0.1, -0.05) is 0 Å². The SMILES string of the molecule is COC(=O)c1ccc([N+](=O)[O-])c(N2CCC(C3CCCO3)CC2)c1. The summed E-state index contributed by atoms with van der Waals surface area (Å²) in [7, 11) is 1.30. The lowest BCUT2D eigenvalue weighted by Gasteiger charge is -2.35. The van der Waals surface area contributed by atoms with Gasteiger partial charge in [0.25, 0.3) is 5.69 Å². The van der Waals surface area contributed by atoms with E-state index in [1.807, 2.05) is 4.90 Å². The fourth-order valence-electron chi connectivity index (χ4n) is 3.66. The van der Waals surface area contributed by atoms with Crippen molar-refractivity contribution in [3.8, 4) is 0 Å². The first kappa shape index (κ1) is 16.7. The molecule has 24 heavy (non-hydrogen) atoms. The van der Waals surface area contributed by atoms with Gasteiger partial charge >= 0.3 is 5.97 Å². The summed E-state index contributed by atoms with van der Waals surface area (Å²) in [5.41, 5.74) is 0.853. The number of ether oxygens (including phenoxy) is 2. The van der Waals surface area contributed by atoms with Crippen molar-refractivity contribution in [3.63, 3.8) is 0 Å². The second-order valence-corrected chi connectivity index (χ2v) is 6.33. The molecule has 0 aliphatic carbocycles. The zero-order valence-electron chi connectivity index (χ0n) is 13.8. The van der Waals surface area contributed by atoms with Gasteiger partial charge in [0.15, 0.2) is 0 Å². The second kappa shape index (κ2) is 7.17. The minimum atomic E-state index is -0.486. The van der Waals surface area contributed by atoms with Crippen LogP contribution in [0.25, 0.3) is 0 Å². The van der Waals surface area contributed by atoms with Gasteiger partial charge in [-0.3, -0.25) is 10.1 Å². The molecule has 1 atom stereocenters. The Morgan fingerprint density at radius 3 is 2.67 bits per heavy atom. The number of nitrogens with zero attached hydrogens (tertiary/aromatic N) is 2. The van der Waals surface area contributed by atoms with Crippen LogP contribution >= 0.6 is 0 Å². The summed E-state index contributed by atoms with van der Waals surface area (Å²) < 4.78 is 10.5. The molecule has 2 heterocycles. The minimum Gasteiger partial charge on any atom is -0.465 e. The largest absolute Gasteiger partial charge is 0.465 e. The van der Waals surface area contributed by atoms with Gasteiger partial charge in [0.1, 0.15) is 5.69 Å². The molecule has 3 rings (SSSR count). The Hall–Kier alpha value is -2.15. The van der Waals surface area contributed by atoms with Crippen molar-refractivity contribution in [2.45, 2.75) is 31.8 Å². The summed E-state index contributed by atoms with van der Waals surface area (Å²) >= 11 is 0. The Bertz CT molecular complexity index is 619. The van der Waals surface area contributed by atoms with Crippen LogP contribution in [0.4, 0.5) is 11.4 Å². The van der Waals surface area contributed by atoms with E-state index < -0.39 is 10.9 Å². The predicted octanol–water partition coefficient (Wildman–Crippen LogP) is 2.78. The molecule has 130 valence electrons. The molecule has 0 N–H and O–H groups in total. The number of carbonyl (C=O) groups is 1.